The maximum atomic E-state index is 13.1. The summed E-state index contributed by atoms with van der Waals surface area (Å²) >= 11 is 7.29. The number of nitrogens with one attached hydrogen (secondary N) is 1. The van der Waals surface area contributed by atoms with Crippen LogP contribution in [0.1, 0.15) is 28.4 Å². The zero-order valence-corrected chi connectivity index (χ0v) is 21.2. The fourth-order valence-corrected chi connectivity index (χ4v) is 4.84. The summed E-state index contributed by atoms with van der Waals surface area (Å²) in [6.45, 7) is 2.83. The summed E-state index contributed by atoms with van der Waals surface area (Å²) in [5.41, 5.74) is 2.96. The Morgan fingerprint density at radius 1 is 1.09 bits per heavy atom. The van der Waals surface area contributed by atoms with Crippen molar-refractivity contribution in [3.05, 3.63) is 87.3 Å². The molecule has 4 rings (SSSR count). The third kappa shape index (κ3) is 5.63. The summed E-state index contributed by atoms with van der Waals surface area (Å²) < 4.78 is 11.0. The van der Waals surface area contributed by atoms with Crippen LogP contribution in [0.25, 0.3) is 6.08 Å². The fraction of sp³-hybridized carbons (Fsp3) is 0.185. The molecule has 0 fully saturated rings. The van der Waals surface area contributed by atoms with E-state index in [1.807, 2.05) is 49.4 Å². The van der Waals surface area contributed by atoms with Crippen LogP contribution in [0.5, 0.6) is 11.5 Å². The van der Waals surface area contributed by atoms with Gasteiger partial charge in [0.2, 0.25) is 0 Å². The van der Waals surface area contributed by atoms with Crippen molar-refractivity contribution in [3.63, 3.8) is 0 Å². The highest BCUT2D eigenvalue weighted by molar-refractivity contribution is 8.04. The SMILES string of the molecule is CCOc1ccc(C=C2Sc3ccc(C(=O)NCc4ccc(Cl)cc4)cc3N(C)C2=O)cc1OC. The van der Waals surface area contributed by atoms with Crippen LogP contribution in [0, 0.1) is 0 Å². The van der Waals surface area contributed by atoms with Crippen LogP contribution in [-0.4, -0.2) is 32.6 Å². The van der Waals surface area contributed by atoms with Crippen LogP contribution >= 0.6 is 23.4 Å². The Morgan fingerprint density at radius 2 is 1.86 bits per heavy atom. The lowest BCUT2D eigenvalue weighted by Crippen LogP contribution is -2.31. The number of nitrogens with zero attached hydrogens (tertiary/aromatic N) is 1. The summed E-state index contributed by atoms with van der Waals surface area (Å²) in [6.07, 6.45) is 1.83. The molecule has 1 heterocycles. The standard InChI is InChI=1S/C27H25ClN2O4S/c1-4-34-22-11-7-18(13-23(22)33-3)14-25-27(32)30(2)21-15-19(8-12-24(21)35-25)26(31)29-16-17-5-9-20(28)10-6-17/h5-15H,4,16H2,1-3H3,(H,29,31). The molecule has 0 radical (unpaired) electrons. The Balaban J connectivity index is 1.52. The highest BCUT2D eigenvalue weighted by Crippen LogP contribution is 2.42. The first-order valence-corrected chi connectivity index (χ1v) is 12.2. The first-order valence-electron chi connectivity index (χ1n) is 11.0. The Labute approximate surface area is 213 Å². The van der Waals surface area contributed by atoms with E-state index >= 15 is 0 Å². The van der Waals surface area contributed by atoms with Crippen molar-refractivity contribution in [2.45, 2.75) is 18.4 Å². The molecule has 1 aliphatic heterocycles. The molecule has 3 aromatic carbocycles. The molecule has 1 aliphatic rings. The number of halogens is 1. The Bertz CT molecular complexity index is 1290. The van der Waals surface area contributed by atoms with Crippen molar-refractivity contribution >= 4 is 46.9 Å². The molecule has 3 aromatic rings. The van der Waals surface area contributed by atoms with Gasteiger partial charge in [0.05, 0.1) is 24.3 Å². The quantitative estimate of drug-likeness (QED) is 0.409. The van der Waals surface area contributed by atoms with E-state index in [1.165, 1.54) is 11.8 Å². The van der Waals surface area contributed by atoms with Crippen molar-refractivity contribution in [2.75, 3.05) is 25.7 Å². The topological polar surface area (TPSA) is 67.9 Å². The predicted octanol–water partition coefficient (Wildman–Crippen LogP) is 5.79. The number of thioether (sulfide) groups is 1. The number of fused-ring (bicyclic) bond motifs is 1. The molecule has 0 atom stereocenters. The zero-order chi connectivity index (χ0) is 24.9. The van der Waals surface area contributed by atoms with E-state index in [1.54, 1.807) is 43.3 Å². The molecule has 0 saturated heterocycles. The summed E-state index contributed by atoms with van der Waals surface area (Å²) in [7, 11) is 3.30. The number of carbonyl (C=O) groups is 2. The average Bonchev–Trinajstić information content (AvgIpc) is 2.87. The van der Waals surface area contributed by atoms with Gasteiger partial charge in [-0.1, -0.05) is 41.6 Å². The number of hydrogen-bond acceptors (Lipinski definition) is 5. The molecule has 0 saturated carbocycles. The molecule has 0 spiro atoms. The van der Waals surface area contributed by atoms with Crippen LogP contribution in [0.3, 0.4) is 0 Å². The van der Waals surface area contributed by atoms with Gasteiger partial charge in [-0.2, -0.15) is 0 Å². The van der Waals surface area contributed by atoms with Gasteiger partial charge in [-0.3, -0.25) is 9.59 Å². The largest absolute Gasteiger partial charge is 0.493 e. The normalized spacial score (nSPS) is 14.0. The lowest BCUT2D eigenvalue weighted by atomic mass is 10.1. The molecule has 35 heavy (non-hydrogen) atoms. The van der Waals surface area contributed by atoms with Crippen LogP contribution in [0.15, 0.2) is 70.5 Å². The molecule has 0 aromatic heterocycles. The summed E-state index contributed by atoms with van der Waals surface area (Å²) in [6, 6.07) is 18.2. The van der Waals surface area contributed by atoms with Gasteiger partial charge in [0.15, 0.2) is 11.5 Å². The lowest BCUT2D eigenvalue weighted by Gasteiger charge is -2.27. The van der Waals surface area contributed by atoms with Gasteiger partial charge < -0.3 is 19.7 Å². The highest BCUT2D eigenvalue weighted by Gasteiger charge is 2.27. The molecule has 0 aliphatic carbocycles. The summed E-state index contributed by atoms with van der Waals surface area (Å²) in [5, 5.41) is 3.56. The van der Waals surface area contributed by atoms with Gasteiger partial charge in [-0.05, 0) is 66.6 Å². The van der Waals surface area contributed by atoms with Gasteiger partial charge in [0.25, 0.3) is 11.8 Å². The third-order valence-corrected chi connectivity index (χ3v) is 6.80. The number of hydrogen-bond donors (Lipinski definition) is 1. The van der Waals surface area contributed by atoms with Gasteiger partial charge >= 0.3 is 0 Å². The van der Waals surface area contributed by atoms with Crippen molar-refractivity contribution in [3.8, 4) is 11.5 Å². The second kappa shape index (κ2) is 10.9. The van der Waals surface area contributed by atoms with Gasteiger partial charge in [-0.15, -0.1) is 0 Å². The molecule has 2 amide bonds. The van der Waals surface area contributed by atoms with Crippen LogP contribution < -0.4 is 19.7 Å². The second-order valence-electron chi connectivity index (χ2n) is 7.81. The second-order valence-corrected chi connectivity index (χ2v) is 9.33. The van der Waals surface area contributed by atoms with E-state index < -0.39 is 0 Å². The van der Waals surface area contributed by atoms with Crippen molar-refractivity contribution in [2.24, 2.45) is 0 Å². The molecule has 0 bridgehead atoms. The van der Waals surface area contributed by atoms with E-state index in [-0.39, 0.29) is 11.8 Å². The number of methoxy groups -OCH3 is 1. The number of likely N-dealkylation sites (N-methyl/N-ethyl adjacent to an activating group) is 1. The summed E-state index contributed by atoms with van der Waals surface area (Å²) in [4.78, 5) is 28.9. The fourth-order valence-electron chi connectivity index (χ4n) is 3.62. The average molecular weight is 509 g/mol. The van der Waals surface area contributed by atoms with Gasteiger partial charge in [0.1, 0.15) is 0 Å². The minimum absolute atomic E-state index is 0.144. The number of carbonyl (C=O) groups excluding carboxylic acids is 2. The van der Waals surface area contributed by atoms with Crippen LogP contribution in [-0.2, 0) is 11.3 Å². The first kappa shape index (κ1) is 24.7. The number of anilines is 1. The Hall–Kier alpha value is -3.42. The van der Waals surface area contributed by atoms with Gasteiger partial charge in [-0.25, -0.2) is 0 Å². The van der Waals surface area contributed by atoms with Crippen molar-refractivity contribution < 1.29 is 19.1 Å². The number of benzene rings is 3. The van der Waals surface area contributed by atoms with E-state index in [0.29, 0.717) is 45.8 Å². The maximum absolute atomic E-state index is 13.1. The molecule has 180 valence electrons. The van der Waals surface area contributed by atoms with E-state index in [0.717, 1.165) is 16.0 Å². The number of rotatable bonds is 7. The molecular formula is C27H25ClN2O4S. The number of amides is 2. The van der Waals surface area contributed by atoms with E-state index in [2.05, 4.69) is 5.32 Å². The maximum Gasteiger partial charge on any atom is 0.264 e. The minimum Gasteiger partial charge on any atom is -0.493 e. The number of ether oxygens (including phenoxy) is 2. The molecular weight excluding hydrogens is 484 g/mol. The monoisotopic (exact) mass is 508 g/mol. The van der Waals surface area contributed by atoms with E-state index in [4.69, 9.17) is 21.1 Å². The molecule has 1 N–H and O–H groups in total. The minimum atomic E-state index is -0.212. The molecule has 6 nitrogen and oxygen atoms in total. The summed E-state index contributed by atoms with van der Waals surface area (Å²) in [5.74, 6) is 0.909. The smallest absolute Gasteiger partial charge is 0.264 e. The third-order valence-electron chi connectivity index (χ3n) is 5.47. The van der Waals surface area contributed by atoms with Crippen LogP contribution in [0.2, 0.25) is 5.02 Å². The predicted molar refractivity (Wildman–Crippen MR) is 140 cm³/mol. The van der Waals surface area contributed by atoms with Crippen molar-refractivity contribution in [1.29, 1.82) is 0 Å². The van der Waals surface area contributed by atoms with Gasteiger partial charge in [0, 0.05) is 29.1 Å². The zero-order valence-electron chi connectivity index (χ0n) is 19.6. The Morgan fingerprint density at radius 3 is 2.57 bits per heavy atom. The molecule has 0 unspecified atom stereocenters. The first-order chi connectivity index (χ1) is 16.9. The highest BCUT2D eigenvalue weighted by atomic mass is 35.5. The molecule has 8 heteroatoms. The van der Waals surface area contributed by atoms with Crippen LogP contribution in [0.4, 0.5) is 5.69 Å². The lowest BCUT2D eigenvalue weighted by molar-refractivity contribution is -0.114. The van der Waals surface area contributed by atoms with E-state index in [9.17, 15) is 9.59 Å². The Kier molecular flexibility index (Phi) is 7.68. The van der Waals surface area contributed by atoms with Crippen molar-refractivity contribution in [1.82, 2.24) is 5.32 Å².